The van der Waals surface area contributed by atoms with E-state index in [1.165, 1.54) is 4.31 Å². The summed E-state index contributed by atoms with van der Waals surface area (Å²) >= 11 is 0. The summed E-state index contributed by atoms with van der Waals surface area (Å²) in [6.07, 6.45) is 3.98. The highest BCUT2D eigenvalue weighted by molar-refractivity contribution is 7.86. The van der Waals surface area contributed by atoms with Crippen LogP contribution in [0.25, 0.3) is 11.0 Å². The number of fused-ring (bicyclic) bond motifs is 1. The highest BCUT2D eigenvalue weighted by Gasteiger charge is 2.40. The number of nitrogens with zero attached hydrogens (tertiary/aromatic N) is 3. The van der Waals surface area contributed by atoms with Crippen molar-refractivity contribution in [2.75, 3.05) is 20.1 Å². The molecule has 0 bridgehead atoms. The van der Waals surface area contributed by atoms with E-state index in [2.05, 4.69) is 9.97 Å². The van der Waals surface area contributed by atoms with Gasteiger partial charge in [-0.1, -0.05) is 12.1 Å². The standard InChI is InChI=1S/C16H22N4O2S/c1-19(11-12-8-9-12)23(21,22)20-10-4-7-15(20)16-17-13-5-2-3-6-14(13)18-16/h2-3,5-6,12,15H,4,7-11H2,1H3,(H,17,18)/t15-/m1/s1. The van der Waals surface area contributed by atoms with Crippen LogP contribution in [0.2, 0.25) is 0 Å². The van der Waals surface area contributed by atoms with E-state index in [-0.39, 0.29) is 6.04 Å². The molecule has 7 heteroatoms. The van der Waals surface area contributed by atoms with Gasteiger partial charge in [0, 0.05) is 20.1 Å². The van der Waals surface area contributed by atoms with Crippen molar-refractivity contribution >= 4 is 21.2 Å². The van der Waals surface area contributed by atoms with Crippen LogP contribution >= 0.6 is 0 Å². The topological polar surface area (TPSA) is 69.3 Å². The zero-order valence-corrected chi connectivity index (χ0v) is 14.1. The Morgan fingerprint density at radius 1 is 1.30 bits per heavy atom. The summed E-state index contributed by atoms with van der Waals surface area (Å²) in [5, 5.41) is 0. The lowest BCUT2D eigenvalue weighted by Crippen LogP contribution is -2.42. The van der Waals surface area contributed by atoms with Crippen molar-refractivity contribution < 1.29 is 8.42 Å². The number of rotatable bonds is 5. The van der Waals surface area contributed by atoms with Crippen LogP contribution in [-0.2, 0) is 10.2 Å². The first-order chi connectivity index (χ1) is 11.1. The Balaban J connectivity index is 1.62. The maximum absolute atomic E-state index is 12.9. The lowest BCUT2D eigenvalue weighted by atomic mass is 10.2. The van der Waals surface area contributed by atoms with Crippen molar-refractivity contribution in [3.05, 3.63) is 30.1 Å². The first-order valence-corrected chi connectivity index (χ1v) is 9.63. The van der Waals surface area contributed by atoms with Crippen molar-refractivity contribution in [1.82, 2.24) is 18.6 Å². The third kappa shape index (κ3) is 2.77. The van der Waals surface area contributed by atoms with E-state index in [1.54, 1.807) is 11.4 Å². The van der Waals surface area contributed by atoms with E-state index in [4.69, 9.17) is 0 Å². The summed E-state index contributed by atoms with van der Waals surface area (Å²) in [6, 6.07) is 7.63. The number of para-hydroxylation sites is 2. The Kier molecular flexibility index (Phi) is 3.66. The minimum atomic E-state index is -3.42. The average molecular weight is 334 g/mol. The van der Waals surface area contributed by atoms with Crippen molar-refractivity contribution in [2.24, 2.45) is 5.92 Å². The molecule has 1 aromatic heterocycles. The van der Waals surface area contributed by atoms with Gasteiger partial charge in [-0.05, 0) is 43.7 Å². The maximum Gasteiger partial charge on any atom is 0.282 e. The number of aromatic amines is 1. The minimum absolute atomic E-state index is 0.186. The molecule has 1 aliphatic carbocycles. The predicted octanol–water partition coefficient (Wildman–Crippen LogP) is 2.29. The quantitative estimate of drug-likeness (QED) is 0.912. The molecule has 2 aliphatic rings. The van der Waals surface area contributed by atoms with Gasteiger partial charge >= 0.3 is 0 Å². The molecule has 0 unspecified atom stereocenters. The predicted molar refractivity (Wildman–Crippen MR) is 89.0 cm³/mol. The number of nitrogens with one attached hydrogen (secondary N) is 1. The van der Waals surface area contributed by atoms with E-state index in [1.807, 2.05) is 24.3 Å². The second kappa shape index (κ2) is 5.58. The van der Waals surface area contributed by atoms with Gasteiger partial charge in [0.05, 0.1) is 17.1 Å². The van der Waals surface area contributed by atoms with Crippen LogP contribution in [0, 0.1) is 5.92 Å². The fraction of sp³-hybridized carbons (Fsp3) is 0.562. The molecule has 2 aromatic rings. The van der Waals surface area contributed by atoms with Gasteiger partial charge in [-0.25, -0.2) is 4.98 Å². The van der Waals surface area contributed by atoms with Crippen molar-refractivity contribution in [3.8, 4) is 0 Å². The van der Waals surface area contributed by atoms with Crippen LogP contribution < -0.4 is 0 Å². The summed E-state index contributed by atoms with van der Waals surface area (Å²) in [7, 11) is -1.73. The van der Waals surface area contributed by atoms with Gasteiger partial charge in [-0.3, -0.25) is 0 Å². The van der Waals surface area contributed by atoms with Crippen LogP contribution in [0.3, 0.4) is 0 Å². The molecule has 0 spiro atoms. The van der Waals surface area contributed by atoms with Gasteiger partial charge in [-0.2, -0.15) is 17.0 Å². The number of aromatic nitrogens is 2. The zero-order valence-electron chi connectivity index (χ0n) is 13.3. The van der Waals surface area contributed by atoms with E-state index >= 15 is 0 Å². The second-order valence-corrected chi connectivity index (χ2v) is 8.63. The molecule has 2 heterocycles. The molecule has 1 saturated heterocycles. The Labute approximate surface area is 136 Å². The molecule has 4 rings (SSSR count). The smallest absolute Gasteiger partial charge is 0.282 e. The van der Waals surface area contributed by atoms with Crippen LogP contribution in [0.15, 0.2) is 24.3 Å². The summed E-state index contributed by atoms with van der Waals surface area (Å²) in [5.41, 5.74) is 1.84. The van der Waals surface area contributed by atoms with Crippen molar-refractivity contribution in [3.63, 3.8) is 0 Å². The number of hydrogen-bond acceptors (Lipinski definition) is 3. The highest BCUT2D eigenvalue weighted by Crippen LogP contribution is 2.36. The Morgan fingerprint density at radius 3 is 2.83 bits per heavy atom. The van der Waals surface area contributed by atoms with Crippen LogP contribution in [0.5, 0.6) is 0 Å². The Morgan fingerprint density at radius 2 is 2.09 bits per heavy atom. The van der Waals surface area contributed by atoms with E-state index in [0.717, 1.165) is 42.5 Å². The third-order valence-electron chi connectivity index (χ3n) is 4.83. The van der Waals surface area contributed by atoms with Gasteiger partial charge in [0.1, 0.15) is 5.82 Å². The molecule has 1 aliphatic heterocycles. The number of hydrogen-bond donors (Lipinski definition) is 1. The largest absolute Gasteiger partial charge is 0.341 e. The molecular formula is C16H22N4O2S. The minimum Gasteiger partial charge on any atom is -0.341 e. The Bertz CT molecular complexity index is 779. The zero-order chi connectivity index (χ0) is 16.0. The number of H-pyrrole nitrogens is 1. The normalized spacial score (nSPS) is 23.1. The van der Waals surface area contributed by atoms with Gasteiger partial charge < -0.3 is 4.98 Å². The monoisotopic (exact) mass is 334 g/mol. The summed E-state index contributed by atoms with van der Waals surface area (Å²) < 4.78 is 28.9. The lowest BCUT2D eigenvalue weighted by molar-refractivity contribution is 0.337. The molecule has 1 saturated carbocycles. The van der Waals surface area contributed by atoms with Crippen LogP contribution in [0.1, 0.15) is 37.5 Å². The second-order valence-electron chi connectivity index (χ2n) is 6.64. The van der Waals surface area contributed by atoms with E-state index in [9.17, 15) is 8.42 Å². The third-order valence-corrected chi connectivity index (χ3v) is 6.80. The summed E-state index contributed by atoms with van der Waals surface area (Å²) in [5.74, 6) is 1.30. The fourth-order valence-electron chi connectivity index (χ4n) is 3.36. The molecule has 1 N–H and O–H groups in total. The first-order valence-electron chi connectivity index (χ1n) is 8.23. The lowest BCUT2D eigenvalue weighted by Gasteiger charge is -2.27. The van der Waals surface area contributed by atoms with E-state index in [0.29, 0.717) is 19.0 Å². The molecule has 0 amide bonds. The summed E-state index contributed by atoms with van der Waals surface area (Å²) in [4.78, 5) is 7.91. The molecule has 1 atom stereocenters. The van der Waals surface area contributed by atoms with Gasteiger partial charge in [0.15, 0.2) is 0 Å². The van der Waals surface area contributed by atoms with Gasteiger partial charge in [0.2, 0.25) is 0 Å². The summed E-state index contributed by atoms with van der Waals surface area (Å²) in [6.45, 7) is 1.20. The van der Waals surface area contributed by atoms with Gasteiger partial charge in [-0.15, -0.1) is 0 Å². The maximum atomic E-state index is 12.9. The molecule has 2 fully saturated rings. The van der Waals surface area contributed by atoms with Crippen molar-refractivity contribution in [2.45, 2.75) is 31.7 Å². The highest BCUT2D eigenvalue weighted by atomic mass is 32.2. The molecular weight excluding hydrogens is 312 g/mol. The first kappa shape index (κ1) is 15.1. The van der Waals surface area contributed by atoms with E-state index < -0.39 is 10.2 Å². The Hall–Kier alpha value is -1.44. The molecule has 23 heavy (non-hydrogen) atoms. The van der Waals surface area contributed by atoms with Crippen LogP contribution in [-0.4, -0.2) is 47.1 Å². The molecule has 1 aromatic carbocycles. The van der Waals surface area contributed by atoms with Crippen LogP contribution in [0.4, 0.5) is 0 Å². The van der Waals surface area contributed by atoms with Gasteiger partial charge in [0.25, 0.3) is 10.2 Å². The molecule has 124 valence electrons. The average Bonchev–Trinajstić information content (AvgIpc) is 3.05. The van der Waals surface area contributed by atoms with Crippen molar-refractivity contribution in [1.29, 1.82) is 0 Å². The molecule has 6 nitrogen and oxygen atoms in total. The SMILES string of the molecule is CN(CC1CC1)S(=O)(=O)N1CCC[C@@H]1c1nc2ccccc2[nH]1. The fourth-order valence-corrected chi connectivity index (χ4v) is 5.00. The number of imidazole rings is 1. The molecule has 0 radical (unpaired) electrons. The number of benzene rings is 1.